The molecule has 0 amide bonds. The first-order valence-electron chi connectivity index (χ1n) is 4.81. The normalized spacial score (nSPS) is 10.4. The van der Waals surface area contributed by atoms with Crippen molar-refractivity contribution in [3.05, 3.63) is 59.7 Å². The Morgan fingerprint density at radius 3 is 2.25 bits per heavy atom. The summed E-state index contributed by atoms with van der Waals surface area (Å²) in [7, 11) is 0. The van der Waals surface area contributed by atoms with Crippen molar-refractivity contribution in [2.45, 2.75) is 5.88 Å². The van der Waals surface area contributed by atoms with E-state index in [1.54, 1.807) is 30.3 Å². The van der Waals surface area contributed by atoms with Crippen LogP contribution in [-0.4, -0.2) is 0 Å². The SMILES string of the molecule is Fc1cccc(-c2ccc(CCl)cc2)c1F. The Hall–Kier alpha value is -1.41. The highest BCUT2D eigenvalue weighted by Crippen LogP contribution is 2.24. The molecule has 2 aromatic rings. The second-order valence-electron chi connectivity index (χ2n) is 3.43. The predicted molar refractivity (Wildman–Crippen MR) is 61.4 cm³/mol. The van der Waals surface area contributed by atoms with Gasteiger partial charge in [-0.05, 0) is 17.2 Å². The fourth-order valence-electron chi connectivity index (χ4n) is 1.50. The van der Waals surface area contributed by atoms with Crippen molar-refractivity contribution in [2.75, 3.05) is 0 Å². The van der Waals surface area contributed by atoms with Gasteiger partial charge in [-0.1, -0.05) is 36.4 Å². The van der Waals surface area contributed by atoms with Gasteiger partial charge in [0.2, 0.25) is 0 Å². The molecule has 82 valence electrons. The number of halogens is 3. The fourth-order valence-corrected chi connectivity index (χ4v) is 1.68. The molecule has 0 aliphatic rings. The van der Waals surface area contributed by atoms with E-state index in [4.69, 9.17) is 11.6 Å². The quantitative estimate of drug-likeness (QED) is 0.682. The third-order valence-electron chi connectivity index (χ3n) is 2.37. The lowest BCUT2D eigenvalue weighted by molar-refractivity contribution is 0.511. The molecule has 3 heteroatoms. The van der Waals surface area contributed by atoms with E-state index in [0.717, 1.165) is 11.6 Å². The number of rotatable bonds is 2. The minimum Gasteiger partial charge on any atom is -0.204 e. The zero-order valence-electron chi connectivity index (χ0n) is 8.38. The molecule has 2 rings (SSSR count). The molecule has 0 spiro atoms. The van der Waals surface area contributed by atoms with Gasteiger partial charge in [-0.15, -0.1) is 11.6 Å². The zero-order valence-corrected chi connectivity index (χ0v) is 9.14. The third kappa shape index (κ3) is 2.07. The molecule has 0 unspecified atom stereocenters. The molecule has 0 aliphatic heterocycles. The van der Waals surface area contributed by atoms with Gasteiger partial charge in [-0.2, -0.15) is 0 Å². The maximum atomic E-state index is 13.5. The number of hydrogen-bond donors (Lipinski definition) is 0. The number of hydrogen-bond acceptors (Lipinski definition) is 0. The largest absolute Gasteiger partial charge is 0.204 e. The summed E-state index contributed by atoms with van der Waals surface area (Å²) in [4.78, 5) is 0. The van der Waals surface area contributed by atoms with Crippen LogP contribution in [0.5, 0.6) is 0 Å². The first kappa shape index (κ1) is 11.1. The van der Waals surface area contributed by atoms with Gasteiger partial charge < -0.3 is 0 Å². The lowest BCUT2D eigenvalue weighted by atomic mass is 10.0. The lowest BCUT2D eigenvalue weighted by Gasteiger charge is -2.04. The third-order valence-corrected chi connectivity index (χ3v) is 2.68. The minimum atomic E-state index is -0.834. The van der Waals surface area contributed by atoms with Crippen molar-refractivity contribution < 1.29 is 8.78 Å². The standard InChI is InChI=1S/C13H9ClF2/c14-8-9-4-6-10(7-5-9)11-2-1-3-12(15)13(11)16/h1-7H,8H2. The molecule has 0 aromatic heterocycles. The van der Waals surface area contributed by atoms with Gasteiger partial charge in [0.1, 0.15) is 0 Å². The van der Waals surface area contributed by atoms with Crippen molar-refractivity contribution in [3.63, 3.8) is 0 Å². The topological polar surface area (TPSA) is 0 Å². The van der Waals surface area contributed by atoms with Gasteiger partial charge in [-0.25, -0.2) is 8.78 Å². The van der Waals surface area contributed by atoms with E-state index in [-0.39, 0.29) is 5.56 Å². The molecular formula is C13H9ClF2. The van der Waals surface area contributed by atoms with Crippen LogP contribution < -0.4 is 0 Å². The van der Waals surface area contributed by atoms with Crippen LogP contribution in [0.4, 0.5) is 8.78 Å². The molecule has 0 saturated carbocycles. The van der Waals surface area contributed by atoms with E-state index in [0.29, 0.717) is 11.4 Å². The molecule has 0 radical (unpaired) electrons. The highest BCUT2D eigenvalue weighted by molar-refractivity contribution is 6.17. The van der Waals surface area contributed by atoms with Gasteiger partial charge in [-0.3, -0.25) is 0 Å². The highest BCUT2D eigenvalue weighted by atomic mass is 35.5. The molecule has 0 bridgehead atoms. The van der Waals surface area contributed by atoms with Crippen molar-refractivity contribution in [3.8, 4) is 11.1 Å². The first-order chi connectivity index (χ1) is 7.72. The van der Waals surface area contributed by atoms with Gasteiger partial charge in [0.15, 0.2) is 11.6 Å². The van der Waals surface area contributed by atoms with Crippen molar-refractivity contribution in [2.24, 2.45) is 0 Å². The Kier molecular flexibility index (Phi) is 3.20. The van der Waals surface area contributed by atoms with Crippen LogP contribution in [0.2, 0.25) is 0 Å². The molecule has 16 heavy (non-hydrogen) atoms. The van der Waals surface area contributed by atoms with Crippen LogP contribution in [-0.2, 0) is 5.88 Å². The van der Waals surface area contributed by atoms with E-state index < -0.39 is 11.6 Å². The Morgan fingerprint density at radius 2 is 1.62 bits per heavy atom. The van der Waals surface area contributed by atoms with Gasteiger partial charge >= 0.3 is 0 Å². The van der Waals surface area contributed by atoms with Crippen LogP contribution >= 0.6 is 11.6 Å². The highest BCUT2D eigenvalue weighted by Gasteiger charge is 2.08. The second kappa shape index (κ2) is 4.62. The van der Waals surface area contributed by atoms with Crippen molar-refractivity contribution in [1.29, 1.82) is 0 Å². The number of alkyl halides is 1. The maximum Gasteiger partial charge on any atom is 0.166 e. The van der Waals surface area contributed by atoms with Crippen LogP contribution in [0.15, 0.2) is 42.5 Å². The molecular weight excluding hydrogens is 230 g/mol. The molecule has 2 aromatic carbocycles. The Morgan fingerprint density at radius 1 is 0.938 bits per heavy atom. The fraction of sp³-hybridized carbons (Fsp3) is 0.0769. The Balaban J connectivity index is 2.46. The molecule has 0 atom stereocenters. The second-order valence-corrected chi connectivity index (χ2v) is 3.70. The van der Waals surface area contributed by atoms with E-state index in [1.807, 2.05) is 0 Å². The smallest absolute Gasteiger partial charge is 0.166 e. The lowest BCUT2D eigenvalue weighted by Crippen LogP contribution is -1.89. The summed E-state index contributed by atoms with van der Waals surface area (Å²) in [6, 6.07) is 11.2. The summed E-state index contributed by atoms with van der Waals surface area (Å²) < 4.78 is 26.5. The molecule has 0 fully saturated rings. The van der Waals surface area contributed by atoms with Crippen LogP contribution in [0.3, 0.4) is 0 Å². The van der Waals surface area contributed by atoms with E-state index >= 15 is 0 Å². The van der Waals surface area contributed by atoms with Crippen molar-refractivity contribution >= 4 is 11.6 Å². The van der Waals surface area contributed by atoms with Crippen molar-refractivity contribution in [1.82, 2.24) is 0 Å². The van der Waals surface area contributed by atoms with E-state index in [9.17, 15) is 8.78 Å². The summed E-state index contributed by atoms with van der Waals surface area (Å²) in [6.45, 7) is 0. The molecule has 0 N–H and O–H groups in total. The van der Waals surface area contributed by atoms with Gasteiger partial charge in [0.05, 0.1) is 0 Å². The van der Waals surface area contributed by atoms with E-state index in [2.05, 4.69) is 0 Å². The summed E-state index contributed by atoms with van der Waals surface area (Å²) in [5.41, 5.74) is 1.86. The van der Waals surface area contributed by atoms with Gasteiger partial charge in [0, 0.05) is 11.4 Å². The Labute approximate surface area is 97.5 Å². The average Bonchev–Trinajstić information content (AvgIpc) is 2.33. The minimum absolute atomic E-state index is 0.265. The predicted octanol–water partition coefficient (Wildman–Crippen LogP) is 4.37. The van der Waals surface area contributed by atoms with Gasteiger partial charge in [0.25, 0.3) is 0 Å². The summed E-state index contributed by atoms with van der Waals surface area (Å²) in [5, 5.41) is 0. The van der Waals surface area contributed by atoms with E-state index in [1.165, 1.54) is 6.07 Å². The summed E-state index contributed by atoms with van der Waals surface area (Å²) >= 11 is 5.65. The van der Waals surface area contributed by atoms with Crippen LogP contribution in [0.25, 0.3) is 11.1 Å². The van der Waals surface area contributed by atoms with Crippen LogP contribution in [0, 0.1) is 11.6 Å². The van der Waals surface area contributed by atoms with Crippen LogP contribution in [0.1, 0.15) is 5.56 Å². The molecule has 0 aliphatic carbocycles. The molecule has 0 nitrogen and oxygen atoms in total. The Bertz CT molecular complexity index is 492. The molecule has 0 heterocycles. The monoisotopic (exact) mass is 238 g/mol. The average molecular weight is 239 g/mol. The zero-order chi connectivity index (χ0) is 11.5. The first-order valence-corrected chi connectivity index (χ1v) is 5.35. The number of benzene rings is 2. The molecule has 0 saturated heterocycles. The maximum absolute atomic E-state index is 13.5. The summed E-state index contributed by atoms with van der Waals surface area (Å²) in [5.74, 6) is -1.24. The summed E-state index contributed by atoms with van der Waals surface area (Å²) in [6.07, 6.45) is 0.